The van der Waals surface area contributed by atoms with E-state index in [-0.39, 0.29) is 0 Å². The van der Waals surface area contributed by atoms with Crippen molar-refractivity contribution in [1.29, 1.82) is 0 Å². The quantitative estimate of drug-likeness (QED) is 0.639. The minimum absolute atomic E-state index is 0.470. The summed E-state index contributed by atoms with van der Waals surface area (Å²) in [6, 6.07) is 9.78. The third-order valence-corrected chi connectivity index (χ3v) is 3.99. The van der Waals surface area contributed by atoms with E-state index < -0.39 is 11.6 Å². The highest BCUT2D eigenvalue weighted by Gasteiger charge is 2.07. The molecule has 0 fully saturated rings. The maximum atomic E-state index is 13.6. The number of fused-ring (bicyclic) bond motifs is 1. The normalized spacial score (nSPS) is 11.2. The van der Waals surface area contributed by atoms with Gasteiger partial charge in [-0.1, -0.05) is 18.2 Å². The second-order valence-corrected chi connectivity index (χ2v) is 5.95. The molecule has 3 rings (SSSR count). The van der Waals surface area contributed by atoms with Crippen LogP contribution in [0.4, 0.5) is 8.78 Å². The lowest BCUT2D eigenvalue weighted by Gasteiger charge is -2.04. The zero-order chi connectivity index (χ0) is 14.8. The van der Waals surface area contributed by atoms with Crippen LogP contribution in [0.2, 0.25) is 0 Å². The Bertz CT molecular complexity index is 783. The smallest absolute Gasteiger partial charge is 0.169 e. The van der Waals surface area contributed by atoms with E-state index in [0.717, 1.165) is 39.3 Å². The lowest BCUT2D eigenvalue weighted by Crippen LogP contribution is -1.95. The monoisotopic (exact) mass is 398 g/mol. The number of hydrogen-bond acceptors (Lipinski definition) is 1. The van der Waals surface area contributed by atoms with Gasteiger partial charge in [-0.25, -0.2) is 13.8 Å². The van der Waals surface area contributed by atoms with Gasteiger partial charge in [-0.3, -0.25) is 0 Å². The summed E-state index contributed by atoms with van der Waals surface area (Å²) in [5.74, 6) is -1.00. The van der Waals surface area contributed by atoms with Crippen molar-refractivity contribution < 1.29 is 8.78 Å². The SMILES string of the molecule is Fc1ccc(CCCc2cccc3[nH]c(I)nc23)c(F)c1. The van der Waals surface area contributed by atoms with E-state index in [1.54, 1.807) is 0 Å². The first-order chi connectivity index (χ1) is 10.1. The molecule has 2 nitrogen and oxygen atoms in total. The molecule has 2 aromatic carbocycles. The molecule has 0 aliphatic carbocycles. The highest BCUT2D eigenvalue weighted by molar-refractivity contribution is 14.1. The minimum atomic E-state index is -0.535. The van der Waals surface area contributed by atoms with Crippen molar-refractivity contribution >= 4 is 33.6 Å². The number of para-hydroxylation sites is 1. The molecule has 0 bridgehead atoms. The fourth-order valence-corrected chi connectivity index (χ4v) is 2.99. The van der Waals surface area contributed by atoms with E-state index in [2.05, 4.69) is 32.6 Å². The van der Waals surface area contributed by atoms with Crippen molar-refractivity contribution in [2.45, 2.75) is 19.3 Å². The summed E-state index contributed by atoms with van der Waals surface area (Å²) in [4.78, 5) is 7.67. The van der Waals surface area contributed by atoms with Crippen molar-refractivity contribution in [1.82, 2.24) is 9.97 Å². The summed E-state index contributed by atoms with van der Waals surface area (Å²) in [5, 5.41) is 0. The predicted octanol–water partition coefficient (Wildman–Crippen LogP) is 4.62. The van der Waals surface area contributed by atoms with Crippen LogP contribution in [0.25, 0.3) is 11.0 Å². The summed E-state index contributed by atoms with van der Waals surface area (Å²) in [5.41, 5.74) is 3.70. The van der Waals surface area contributed by atoms with Crippen LogP contribution < -0.4 is 0 Å². The summed E-state index contributed by atoms with van der Waals surface area (Å²) in [7, 11) is 0. The summed E-state index contributed by atoms with van der Waals surface area (Å²) < 4.78 is 27.3. The largest absolute Gasteiger partial charge is 0.333 e. The summed E-state index contributed by atoms with van der Waals surface area (Å²) in [6.45, 7) is 0. The van der Waals surface area contributed by atoms with E-state index in [9.17, 15) is 8.78 Å². The molecule has 1 heterocycles. The number of aryl methyl sites for hydroxylation is 2. The summed E-state index contributed by atoms with van der Waals surface area (Å²) >= 11 is 2.15. The second-order valence-electron chi connectivity index (χ2n) is 4.93. The van der Waals surface area contributed by atoms with Gasteiger partial charge in [-0.15, -0.1) is 0 Å². The third kappa shape index (κ3) is 3.23. The second kappa shape index (κ2) is 6.09. The lowest BCUT2D eigenvalue weighted by molar-refractivity contribution is 0.569. The molecule has 1 aromatic heterocycles. The Labute approximate surface area is 134 Å². The first-order valence-corrected chi connectivity index (χ1v) is 7.78. The van der Waals surface area contributed by atoms with Crippen molar-refractivity contribution in [3.8, 4) is 0 Å². The molecule has 0 aliphatic heterocycles. The number of nitrogens with one attached hydrogen (secondary N) is 1. The number of benzene rings is 2. The molecule has 0 saturated carbocycles. The first kappa shape index (κ1) is 14.4. The molecule has 1 N–H and O–H groups in total. The molecule has 0 spiro atoms. The van der Waals surface area contributed by atoms with Gasteiger partial charge in [-0.2, -0.15) is 0 Å². The summed E-state index contributed by atoms with van der Waals surface area (Å²) in [6.07, 6.45) is 2.20. The molecule has 5 heteroatoms. The molecular weight excluding hydrogens is 385 g/mol. The van der Waals surface area contributed by atoms with Crippen LogP contribution >= 0.6 is 22.6 Å². The molecule has 21 heavy (non-hydrogen) atoms. The van der Waals surface area contributed by atoms with Gasteiger partial charge in [0.2, 0.25) is 0 Å². The van der Waals surface area contributed by atoms with E-state index in [1.165, 1.54) is 12.1 Å². The molecule has 0 atom stereocenters. The standard InChI is InChI=1S/C16H13F2IN2/c17-12-8-7-10(13(18)9-12)3-1-4-11-5-2-6-14-15(11)21-16(19)20-14/h2,5-9H,1,3-4H2,(H,20,21). The van der Waals surface area contributed by atoms with Crippen molar-refractivity contribution in [3.63, 3.8) is 0 Å². The molecule has 0 radical (unpaired) electrons. The molecule has 108 valence electrons. The third-order valence-electron chi connectivity index (χ3n) is 3.47. The average Bonchev–Trinajstić information content (AvgIpc) is 2.82. The van der Waals surface area contributed by atoms with Gasteiger partial charge >= 0.3 is 0 Å². The van der Waals surface area contributed by atoms with Gasteiger partial charge in [-0.05, 0) is 65.1 Å². The Morgan fingerprint density at radius 1 is 1.05 bits per heavy atom. The van der Waals surface area contributed by atoms with E-state index in [4.69, 9.17) is 0 Å². The van der Waals surface area contributed by atoms with Gasteiger partial charge < -0.3 is 4.98 Å². The Morgan fingerprint density at radius 2 is 1.86 bits per heavy atom. The van der Waals surface area contributed by atoms with Gasteiger partial charge in [0.25, 0.3) is 0 Å². The van der Waals surface area contributed by atoms with Crippen LogP contribution in [-0.4, -0.2) is 9.97 Å². The van der Waals surface area contributed by atoms with E-state index >= 15 is 0 Å². The average molecular weight is 398 g/mol. The van der Waals surface area contributed by atoms with Crippen LogP contribution in [0.3, 0.4) is 0 Å². The van der Waals surface area contributed by atoms with Crippen LogP contribution in [0.1, 0.15) is 17.5 Å². The number of aromatic amines is 1. The molecule has 3 aromatic rings. The van der Waals surface area contributed by atoms with Gasteiger partial charge in [0.05, 0.1) is 11.0 Å². The first-order valence-electron chi connectivity index (χ1n) is 6.70. The minimum Gasteiger partial charge on any atom is -0.333 e. The highest BCUT2D eigenvalue weighted by atomic mass is 127. The zero-order valence-electron chi connectivity index (χ0n) is 11.2. The predicted molar refractivity (Wildman–Crippen MR) is 87.2 cm³/mol. The molecular formula is C16H13F2IN2. The Balaban J connectivity index is 1.72. The number of aromatic nitrogens is 2. The maximum Gasteiger partial charge on any atom is 0.169 e. The fraction of sp³-hybridized carbons (Fsp3) is 0.188. The van der Waals surface area contributed by atoms with Crippen molar-refractivity contribution in [2.24, 2.45) is 0 Å². The number of imidazole rings is 1. The van der Waals surface area contributed by atoms with Crippen molar-refractivity contribution in [3.05, 3.63) is 63.0 Å². The van der Waals surface area contributed by atoms with E-state index in [0.29, 0.717) is 12.0 Å². The highest BCUT2D eigenvalue weighted by Crippen LogP contribution is 2.20. The van der Waals surface area contributed by atoms with Crippen LogP contribution in [0.5, 0.6) is 0 Å². The lowest BCUT2D eigenvalue weighted by atomic mass is 10.0. The number of nitrogens with zero attached hydrogens (tertiary/aromatic N) is 1. The molecule has 0 unspecified atom stereocenters. The fourth-order valence-electron chi connectivity index (χ4n) is 2.46. The van der Waals surface area contributed by atoms with Crippen LogP contribution in [-0.2, 0) is 12.8 Å². The Hall–Kier alpha value is -1.50. The topological polar surface area (TPSA) is 28.7 Å². The molecule has 0 aliphatic rings. The Morgan fingerprint density at radius 3 is 2.67 bits per heavy atom. The van der Waals surface area contributed by atoms with Gasteiger partial charge in [0.1, 0.15) is 11.6 Å². The zero-order valence-corrected chi connectivity index (χ0v) is 13.3. The van der Waals surface area contributed by atoms with Crippen molar-refractivity contribution in [2.75, 3.05) is 0 Å². The Kier molecular flexibility index (Phi) is 4.19. The van der Waals surface area contributed by atoms with Crippen LogP contribution in [0, 0.1) is 15.5 Å². The van der Waals surface area contributed by atoms with Gasteiger partial charge in [0.15, 0.2) is 3.83 Å². The maximum absolute atomic E-state index is 13.6. The number of hydrogen-bond donors (Lipinski definition) is 1. The van der Waals surface area contributed by atoms with Crippen LogP contribution in [0.15, 0.2) is 36.4 Å². The number of H-pyrrole nitrogens is 1. The number of rotatable bonds is 4. The number of halogens is 3. The molecule has 0 amide bonds. The molecule has 0 saturated heterocycles. The van der Waals surface area contributed by atoms with E-state index in [1.807, 2.05) is 18.2 Å². The van der Waals surface area contributed by atoms with Gasteiger partial charge in [0, 0.05) is 6.07 Å².